The quantitative estimate of drug-likeness (QED) is 0.518. The van der Waals surface area contributed by atoms with Crippen molar-refractivity contribution in [3.63, 3.8) is 0 Å². The van der Waals surface area contributed by atoms with E-state index < -0.39 is 0 Å². The number of nitrogens with zero attached hydrogens (tertiary/aromatic N) is 2. The number of aromatic nitrogens is 2. The van der Waals surface area contributed by atoms with Gasteiger partial charge in [0.15, 0.2) is 5.78 Å². The molecule has 0 unspecified atom stereocenters. The van der Waals surface area contributed by atoms with Crippen molar-refractivity contribution in [2.75, 3.05) is 0 Å². The number of hydrogen-bond acceptors (Lipinski definition) is 2. The van der Waals surface area contributed by atoms with Crippen LogP contribution in [-0.2, 0) is 6.54 Å². The van der Waals surface area contributed by atoms with E-state index in [0.29, 0.717) is 23.7 Å². The first-order chi connectivity index (χ1) is 8.20. The first-order valence-electron chi connectivity index (χ1n) is 6.45. The van der Waals surface area contributed by atoms with Crippen molar-refractivity contribution in [1.29, 1.82) is 0 Å². The molecule has 4 heteroatoms. The van der Waals surface area contributed by atoms with Gasteiger partial charge in [-0.05, 0) is 13.3 Å². The van der Waals surface area contributed by atoms with Crippen LogP contribution < -0.4 is 0 Å². The van der Waals surface area contributed by atoms with Crippen LogP contribution >= 0.6 is 11.6 Å². The van der Waals surface area contributed by atoms with Crippen LogP contribution in [0.1, 0.15) is 62.9 Å². The number of halogens is 1. The lowest BCUT2D eigenvalue weighted by Gasteiger charge is -2.04. The van der Waals surface area contributed by atoms with Crippen molar-refractivity contribution in [3.8, 4) is 0 Å². The molecule has 0 aliphatic heterocycles. The summed E-state index contributed by atoms with van der Waals surface area (Å²) in [6.45, 7) is 4.83. The molecule has 0 aliphatic rings. The average Bonchev–Trinajstić information content (AvgIpc) is 2.70. The predicted molar refractivity (Wildman–Crippen MR) is 70.6 cm³/mol. The molecule has 0 fully saturated rings. The second-order valence-corrected chi connectivity index (χ2v) is 4.65. The minimum atomic E-state index is 0.117. The molecule has 3 nitrogen and oxygen atoms in total. The Morgan fingerprint density at radius 3 is 2.65 bits per heavy atom. The summed E-state index contributed by atoms with van der Waals surface area (Å²) in [6, 6.07) is 0. The molecule has 0 saturated heterocycles. The fourth-order valence-corrected chi connectivity index (χ4v) is 2.13. The molecule has 0 radical (unpaired) electrons. The molecule has 96 valence electrons. The normalized spacial score (nSPS) is 10.8. The highest BCUT2D eigenvalue weighted by Crippen LogP contribution is 2.18. The minimum absolute atomic E-state index is 0.117. The molecule has 0 bridgehead atoms. The summed E-state index contributed by atoms with van der Waals surface area (Å²) in [5.41, 5.74) is 0.574. The van der Waals surface area contributed by atoms with Crippen LogP contribution in [0.15, 0.2) is 6.20 Å². The molecule has 0 saturated carbocycles. The number of aryl methyl sites for hydroxylation is 1. The van der Waals surface area contributed by atoms with Gasteiger partial charge in [0.2, 0.25) is 0 Å². The van der Waals surface area contributed by atoms with E-state index in [-0.39, 0.29) is 5.78 Å². The highest BCUT2D eigenvalue weighted by Gasteiger charge is 2.15. The van der Waals surface area contributed by atoms with E-state index in [4.69, 9.17) is 11.6 Å². The van der Waals surface area contributed by atoms with Gasteiger partial charge < -0.3 is 0 Å². The van der Waals surface area contributed by atoms with Gasteiger partial charge in [-0.3, -0.25) is 9.48 Å². The maximum atomic E-state index is 12.0. The standard InChI is InChI=1S/C13H21ClN2O/c1-3-5-6-7-8-9-12(17)13-11(14)10-15-16(13)4-2/h10H,3-9H2,1-2H3. The van der Waals surface area contributed by atoms with Gasteiger partial charge >= 0.3 is 0 Å². The number of carbonyl (C=O) groups is 1. The van der Waals surface area contributed by atoms with Crippen LogP contribution in [-0.4, -0.2) is 15.6 Å². The fourth-order valence-electron chi connectivity index (χ4n) is 1.89. The predicted octanol–water partition coefficient (Wildman–Crippen LogP) is 4.10. The molecular weight excluding hydrogens is 236 g/mol. The zero-order chi connectivity index (χ0) is 12.7. The van der Waals surface area contributed by atoms with Crippen molar-refractivity contribution < 1.29 is 4.79 Å². The van der Waals surface area contributed by atoms with Crippen LogP contribution in [0.25, 0.3) is 0 Å². The van der Waals surface area contributed by atoms with Gasteiger partial charge in [-0.2, -0.15) is 5.10 Å². The Bertz CT molecular complexity index is 360. The molecule has 0 N–H and O–H groups in total. The second-order valence-electron chi connectivity index (χ2n) is 4.24. The number of unbranched alkanes of at least 4 members (excludes halogenated alkanes) is 4. The first-order valence-corrected chi connectivity index (χ1v) is 6.83. The van der Waals surface area contributed by atoms with Gasteiger partial charge in [-0.15, -0.1) is 0 Å². The van der Waals surface area contributed by atoms with Crippen molar-refractivity contribution in [3.05, 3.63) is 16.9 Å². The van der Waals surface area contributed by atoms with Crippen molar-refractivity contribution in [2.45, 2.75) is 58.9 Å². The van der Waals surface area contributed by atoms with E-state index in [1.807, 2.05) is 6.92 Å². The van der Waals surface area contributed by atoms with E-state index in [1.165, 1.54) is 19.3 Å². The van der Waals surface area contributed by atoms with Crippen molar-refractivity contribution >= 4 is 17.4 Å². The van der Waals surface area contributed by atoms with Gasteiger partial charge in [0.1, 0.15) is 5.69 Å². The molecule has 0 amide bonds. The van der Waals surface area contributed by atoms with Gasteiger partial charge in [0.25, 0.3) is 0 Å². The third-order valence-corrected chi connectivity index (χ3v) is 3.14. The lowest BCUT2D eigenvalue weighted by Crippen LogP contribution is -2.09. The van der Waals surface area contributed by atoms with Crippen LogP contribution in [0.5, 0.6) is 0 Å². The Kier molecular flexibility index (Phi) is 6.27. The smallest absolute Gasteiger partial charge is 0.182 e. The zero-order valence-electron chi connectivity index (χ0n) is 10.7. The van der Waals surface area contributed by atoms with Crippen LogP contribution in [0, 0.1) is 0 Å². The van der Waals surface area contributed by atoms with E-state index in [0.717, 1.165) is 12.8 Å². The maximum absolute atomic E-state index is 12.0. The third-order valence-electron chi connectivity index (χ3n) is 2.87. The molecule has 0 aliphatic carbocycles. The Morgan fingerprint density at radius 2 is 2.00 bits per heavy atom. The van der Waals surface area contributed by atoms with Gasteiger partial charge in [0, 0.05) is 13.0 Å². The fraction of sp³-hybridized carbons (Fsp3) is 0.692. The zero-order valence-corrected chi connectivity index (χ0v) is 11.5. The lowest BCUT2D eigenvalue weighted by molar-refractivity contribution is 0.0969. The summed E-state index contributed by atoms with van der Waals surface area (Å²) in [5, 5.41) is 4.55. The lowest BCUT2D eigenvalue weighted by atomic mass is 10.1. The van der Waals surface area contributed by atoms with E-state index in [1.54, 1.807) is 10.9 Å². The summed E-state index contributed by atoms with van der Waals surface area (Å²) in [5.74, 6) is 0.117. The Hall–Kier alpha value is -0.830. The average molecular weight is 257 g/mol. The van der Waals surface area contributed by atoms with Gasteiger partial charge in [-0.1, -0.05) is 44.2 Å². The molecule has 0 aromatic carbocycles. The summed E-state index contributed by atoms with van der Waals surface area (Å²) in [6.07, 6.45) is 7.89. The number of Topliss-reactive ketones (excluding diaryl/α,β-unsaturated/α-hetero) is 1. The van der Waals surface area contributed by atoms with E-state index in [2.05, 4.69) is 12.0 Å². The molecular formula is C13H21ClN2O. The number of rotatable bonds is 8. The molecule has 17 heavy (non-hydrogen) atoms. The summed E-state index contributed by atoms with van der Waals surface area (Å²) in [4.78, 5) is 12.0. The molecule has 0 atom stereocenters. The maximum Gasteiger partial charge on any atom is 0.182 e. The van der Waals surface area contributed by atoms with Crippen LogP contribution in [0.2, 0.25) is 5.02 Å². The molecule has 1 aromatic heterocycles. The number of carbonyl (C=O) groups excluding carboxylic acids is 1. The molecule has 0 spiro atoms. The van der Waals surface area contributed by atoms with Crippen LogP contribution in [0.3, 0.4) is 0 Å². The molecule has 1 rings (SSSR count). The SMILES string of the molecule is CCCCCCCC(=O)c1c(Cl)cnn1CC. The molecule has 1 aromatic rings. The van der Waals surface area contributed by atoms with Gasteiger partial charge in [0.05, 0.1) is 11.2 Å². The second kappa shape index (κ2) is 7.49. The Labute approximate surface area is 108 Å². The van der Waals surface area contributed by atoms with Crippen molar-refractivity contribution in [1.82, 2.24) is 9.78 Å². The van der Waals surface area contributed by atoms with Gasteiger partial charge in [-0.25, -0.2) is 0 Å². The van der Waals surface area contributed by atoms with E-state index in [9.17, 15) is 4.79 Å². The van der Waals surface area contributed by atoms with Crippen molar-refractivity contribution in [2.24, 2.45) is 0 Å². The topological polar surface area (TPSA) is 34.9 Å². The third kappa shape index (κ3) is 4.15. The Balaban J connectivity index is 2.44. The molecule has 1 heterocycles. The highest BCUT2D eigenvalue weighted by atomic mass is 35.5. The summed E-state index contributed by atoms with van der Waals surface area (Å²) < 4.78 is 1.68. The summed E-state index contributed by atoms with van der Waals surface area (Å²) >= 11 is 5.98. The summed E-state index contributed by atoms with van der Waals surface area (Å²) in [7, 11) is 0. The monoisotopic (exact) mass is 256 g/mol. The highest BCUT2D eigenvalue weighted by molar-refractivity contribution is 6.33. The largest absolute Gasteiger partial charge is 0.292 e. The first kappa shape index (κ1) is 14.2. The number of ketones is 1. The van der Waals surface area contributed by atoms with Crippen LogP contribution in [0.4, 0.5) is 0 Å². The number of hydrogen-bond donors (Lipinski definition) is 0. The van der Waals surface area contributed by atoms with E-state index >= 15 is 0 Å². The Morgan fingerprint density at radius 1 is 1.29 bits per heavy atom. The minimum Gasteiger partial charge on any atom is -0.292 e.